The van der Waals surface area contributed by atoms with Crippen molar-refractivity contribution in [3.05, 3.63) is 12.7 Å². The topological polar surface area (TPSA) is 40.5 Å². The van der Waals surface area contributed by atoms with Gasteiger partial charge in [-0.15, -0.1) is 6.58 Å². The quantitative estimate of drug-likeness (QED) is 0.687. The molecule has 0 saturated carbocycles. The first-order chi connectivity index (χ1) is 6.38. The number of likely N-dealkylation sites (tertiary alicyclic amines) is 1. The number of carbonyl (C=O) groups is 1. The van der Waals surface area contributed by atoms with E-state index in [1.807, 2.05) is 31.7 Å². The van der Waals surface area contributed by atoms with Crippen LogP contribution in [0.3, 0.4) is 0 Å². The van der Waals surface area contributed by atoms with Crippen LogP contribution in [-0.4, -0.2) is 33.6 Å². The van der Waals surface area contributed by atoms with E-state index in [1.54, 1.807) is 0 Å². The first kappa shape index (κ1) is 11.2. The van der Waals surface area contributed by atoms with Gasteiger partial charge in [-0.05, 0) is 33.6 Å². The number of carboxylic acids is 1. The molecule has 1 rings (SSSR count). The van der Waals surface area contributed by atoms with E-state index in [4.69, 9.17) is 5.11 Å². The van der Waals surface area contributed by atoms with Crippen molar-refractivity contribution < 1.29 is 9.90 Å². The normalized spacial score (nSPS) is 29.1. The molecule has 1 unspecified atom stereocenters. The van der Waals surface area contributed by atoms with Gasteiger partial charge in [-0.2, -0.15) is 0 Å². The summed E-state index contributed by atoms with van der Waals surface area (Å²) in [5, 5.41) is 9.08. The van der Waals surface area contributed by atoms with Crippen molar-refractivity contribution >= 4 is 5.97 Å². The molecule has 0 aromatic rings. The van der Waals surface area contributed by atoms with Crippen molar-refractivity contribution in [1.29, 1.82) is 0 Å². The summed E-state index contributed by atoms with van der Waals surface area (Å²) in [6, 6.07) is -0.144. The third kappa shape index (κ3) is 1.98. The molecule has 1 N–H and O–H groups in total. The molecule has 0 bridgehead atoms. The number of rotatable bonds is 2. The Balaban J connectivity index is 2.91. The third-order valence-corrected chi connectivity index (χ3v) is 2.76. The highest BCUT2D eigenvalue weighted by atomic mass is 16.4. The average molecular weight is 197 g/mol. The first-order valence-corrected chi connectivity index (χ1v) is 5.01. The highest BCUT2D eigenvalue weighted by Gasteiger charge is 2.42. The molecular formula is C11H19NO2. The summed E-state index contributed by atoms with van der Waals surface area (Å²) >= 11 is 0. The predicted molar refractivity (Wildman–Crippen MR) is 56.2 cm³/mol. The van der Waals surface area contributed by atoms with Crippen molar-refractivity contribution in [1.82, 2.24) is 4.90 Å². The van der Waals surface area contributed by atoms with Crippen LogP contribution >= 0.6 is 0 Å². The van der Waals surface area contributed by atoms with Crippen molar-refractivity contribution in [2.24, 2.45) is 0 Å². The van der Waals surface area contributed by atoms with Gasteiger partial charge in [0.15, 0.2) is 0 Å². The Morgan fingerprint density at radius 3 is 2.43 bits per heavy atom. The Bertz CT molecular complexity index is 242. The van der Waals surface area contributed by atoms with Gasteiger partial charge in [0.05, 0.1) is 0 Å². The SMILES string of the molecule is C=CC1CC[C@@H](C(=O)O)N1C(C)(C)C. The van der Waals surface area contributed by atoms with Gasteiger partial charge >= 0.3 is 5.97 Å². The van der Waals surface area contributed by atoms with Crippen LogP contribution in [0, 0.1) is 0 Å². The third-order valence-electron chi connectivity index (χ3n) is 2.76. The number of hydrogen-bond acceptors (Lipinski definition) is 2. The molecule has 0 spiro atoms. The molecule has 3 nitrogen and oxygen atoms in total. The molecule has 3 heteroatoms. The first-order valence-electron chi connectivity index (χ1n) is 5.01. The molecule has 1 fully saturated rings. The maximum atomic E-state index is 11.0. The molecule has 0 aromatic heterocycles. The molecule has 0 radical (unpaired) electrons. The van der Waals surface area contributed by atoms with Crippen molar-refractivity contribution in [2.45, 2.75) is 51.2 Å². The van der Waals surface area contributed by atoms with Crippen LogP contribution in [0.1, 0.15) is 33.6 Å². The van der Waals surface area contributed by atoms with Crippen molar-refractivity contribution in [3.63, 3.8) is 0 Å². The van der Waals surface area contributed by atoms with Crippen LogP contribution in [0.25, 0.3) is 0 Å². The second-order valence-corrected chi connectivity index (χ2v) is 4.81. The smallest absolute Gasteiger partial charge is 0.320 e. The maximum Gasteiger partial charge on any atom is 0.320 e. The van der Waals surface area contributed by atoms with Gasteiger partial charge < -0.3 is 5.11 Å². The highest BCUT2D eigenvalue weighted by molar-refractivity contribution is 5.74. The number of hydrogen-bond donors (Lipinski definition) is 1. The Morgan fingerprint density at radius 1 is 1.50 bits per heavy atom. The lowest BCUT2D eigenvalue weighted by atomic mass is 10.0. The molecule has 14 heavy (non-hydrogen) atoms. The minimum atomic E-state index is -0.718. The zero-order valence-corrected chi connectivity index (χ0v) is 9.16. The lowest BCUT2D eigenvalue weighted by Gasteiger charge is -2.38. The van der Waals surface area contributed by atoms with Gasteiger partial charge in [-0.25, -0.2) is 0 Å². The van der Waals surface area contributed by atoms with Crippen molar-refractivity contribution in [2.75, 3.05) is 0 Å². The van der Waals surface area contributed by atoms with Gasteiger partial charge in [-0.1, -0.05) is 6.08 Å². The van der Waals surface area contributed by atoms with Gasteiger partial charge in [0.1, 0.15) is 6.04 Å². The molecule has 1 saturated heterocycles. The number of aliphatic carboxylic acids is 1. The lowest BCUT2D eigenvalue weighted by Crippen LogP contribution is -2.51. The van der Waals surface area contributed by atoms with Crippen molar-refractivity contribution in [3.8, 4) is 0 Å². The molecule has 80 valence electrons. The predicted octanol–water partition coefficient (Wildman–Crippen LogP) is 1.89. The molecule has 1 aliphatic heterocycles. The Labute approximate surface area is 85.4 Å². The van der Waals surface area contributed by atoms with Crippen LogP contribution in [0.15, 0.2) is 12.7 Å². The number of nitrogens with zero attached hydrogens (tertiary/aromatic N) is 1. The van der Waals surface area contributed by atoms with Gasteiger partial charge in [0, 0.05) is 11.6 Å². The minimum absolute atomic E-state index is 0.113. The monoisotopic (exact) mass is 197 g/mol. The van der Waals surface area contributed by atoms with E-state index in [9.17, 15) is 4.79 Å². The second kappa shape index (κ2) is 3.73. The maximum absolute atomic E-state index is 11.0. The minimum Gasteiger partial charge on any atom is -0.480 e. The fraction of sp³-hybridized carbons (Fsp3) is 0.727. The highest BCUT2D eigenvalue weighted by Crippen LogP contribution is 2.32. The summed E-state index contributed by atoms with van der Waals surface area (Å²) in [4.78, 5) is 13.1. The lowest BCUT2D eigenvalue weighted by molar-refractivity contribution is -0.144. The summed E-state index contributed by atoms with van der Waals surface area (Å²) < 4.78 is 0. The van der Waals surface area contributed by atoms with Gasteiger partial charge in [0.25, 0.3) is 0 Å². The Morgan fingerprint density at radius 2 is 2.07 bits per heavy atom. The molecule has 2 atom stereocenters. The fourth-order valence-electron chi connectivity index (χ4n) is 2.28. The van der Waals surface area contributed by atoms with Crippen LogP contribution in [0.5, 0.6) is 0 Å². The summed E-state index contributed by atoms with van der Waals surface area (Å²) in [6.07, 6.45) is 3.48. The zero-order valence-electron chi connectivity index (χ0n) is 9.16. The zero-order chi connectivity index (χ0) is 10.9. The summed E-state index contributed by atoms with van der Waals surface area (Å²) in [5.74, 6) is -0.718. The van der Waals surface area contributed by atoms with Gasteiger partial charge in [-0.3, -0.25) is 9.69 Å². The van der Waals surface area contributed by atoms with E-state index in [0.29, 0.717) is 0 Å². The Kier molecular flexibility index (Phi) is 3.00. The summed E-state index contributed by atoms with van der Waals surface area (Å²) in [5.41, 5.74) is -0.113. The molecule has 0 aliphatic carbocycles. The van der Waals surface area contributed by atoms with Crippen LogP contribution < -0.4 is 0 Å². The average Bonchev–Trinajstić information content (AvgIpc) is 2.45. The number of carboxylic acid groups (broad SMARTS) is 1. The van der Waals surface area contributed by atoms with Gasteiger partial charge in [0.2, 0.25) is 0 Å². The fourth-order valence-corrected chi connectivity index (χ4v) is 2.28. The van der Waals surface area contributed by atoms with E-state index in [1.165, 1.54) is 0 Å². The molecule has 1 aliphatic rings. The largest absolute Gasteiger partial charge is 0.480 e. The molecule has 0 amide bonds. The van der Waals surface area contributed by atoms with E-state index in [2.05, 4.69) is 6.58 Å². The van der Waals surface area contributed by atoms with E-state index in [-0.39, 0.29) is 17.6 Å². The van der Waals surface area contributed by atoms with E-state index in [0.717, 1.165) is 12.8 Å². The summed E-state index contributed by atoms with van der Waals surface area (Å²) in [7, 11) is 0. The second-order valence-electron chi connectivity index (χ2n) is 4.81. The standard InChI is InChI=1S/C11H19NO2/c1-5-8-6-7-9(10(13)14)12(8)11(2,3)4/h5,8-9H,1,6-7H2,2-4H3,(H,13,14)/t8?,9-/m0/s1. The van der Waals surface area contributed by atoms with E-state index >= 15 is 0 Å². The Hall–Kier alpha value is -0.830. The van der Waals surface area contributed by atoms with E-state index < -0.39 is 5.97 Å². The van der Waals surface area contributed by atoms with Crippen LogP contribution in [0.2, 0.25) is 0 Å². The van der Waals surface area contributed by atoms with Crippen LogP contribution in [-0.2, 0) is 4.79 Å². The molecule has 0 aromatic carbocycles. The summed E-state index contributed by atoms with van der Waals surface area (Å²) in [6.45, 7) is 9.90. The molecule has 1 heterocycles. The molecular weight excluding hydrogens is 178 g/mol. The van der Waals surface area contributed by atoms with Crippen LogP contribution in [0.4, 0.5) is 0 Å².